The molecule has 4 heteroatoms. The first-order valence-electron chi connectivity index (χ1n) is 7.53. The molecular formula is C17H24BrN3. The average molecular weight is 350 g/mol. The zero-order valence-electron chi connectivity index (χ0n) is 13.2. The van der Waals surface area contributed by atoms with E-state index in [0.717, 1.165) is 23.2 Å². The van der Waals surface area contributed by atoms with Crippen molar-refractivity contribution >= 4 is 15.9 Å². The van der Waals surface area contributed by atoms with E-state index in [-0.39, 0.29) is 0 Å². The molecule has 0 aliphatic rings. The van der Waals surface area contributed by atoms with Crippen LogP contribution in [0.25, 0.3) is 5.69 Å². The lowest BCUT2D eigenvalue weighted by atomic mass is 10.1. The van der Waals surface area contributed by atoms with Crippen LogP contribution in [0.3, 0.4) is 0 Å². The van der Waals surface area contributed by atoms with E-state index in [2.05, 4.69) is 70.9 Å². The molecule has 114 valence electrons. The Kier molecular flexibility index (Phi) is 5.59. The standard InChI is InChI=1S/C17H24BrN3/c1-12(2)9-19-10-14-11-20-21(17(14)13(3)4)16-8-6-5-7-15(16)18/h5-8,11-13,19H,9-10H2,1-4H3. The molecule has 0 fully saturated rings. The van der Waals surface area contributed by atoms with E-state index in [1.54, 1.807) is 0 Å². The summed E-state index contributed by atoms with van der Waals surface area (Å²) >= 11 is 3.62. The lowest BCUT2D eigenvalue weighted by Gasteiger charge is -2.15. The minimum absolute atomic E-state index is 0.426. The predicted octanol–water partition coefficient (Wildman–Crippen LogP) is 4.50. The zero-order chi connectivity index (χ0) is 15.4. The van der Waals surface area contributed by atoms with Crippen LogP contribution in [0.5, 0.6) is 0 Å². The Hall–Kier alpha value is -1.13. The van der Waals surface area contributed by atoms with Crippen LogP contribution < -0.4 is 5.32 Å². The minimum atomic E-state index is 0.426. The van der Waals surface area contributed by atoms with E-state index in [1.165, 1.54) is 11.3 Å². The van der Waals surface area contributed by atoms with Crippen molar-refractivity contribution in [2.45, 2.75) is 40.2 Å². The first-order chi connectivity index (χ1) is 10.0. The summed E-state index contributed by atoms with van der Waals surface area (Å²) in [4.78, 5) is 0. The summed E-state index contributed by atoms with van der Waals surface area (Å²) in [5.41, 5.74) is 3.65. The number of nitrogens with one attached hydrogen (secondary N) is 1. The number of hydrogen-bond donors (Lipinski definition) is 1. The summed E-state index contributed by atoms with van der Waals surface area (Å²) in [5, 5.41) is 8.12. The maximum absolute atomic E-state index is 4.61. The molecule has 0 aliphatic heterocycles. The van der Waals surface area contributed by atoms with Gasteiger partial charge in [0.2, 0.25) is 0 Å². The van der Waals surface area contributed by atoms with Crippen molar-refractivity contribution in [3.63, 3.8) is 0 Å². The number of para-hydroxylation sites is 1. The molecular weight excluding hydrogens is 326 g/mol. The second-order valence-electron chi connectivity index (χ2n) is 6.10. The van der Waals surface area contributed by atoms with Crippen molar-refractivity contribution in [1.82, 2.24) is 15.1 Å². The summed E-state index contributed by atoms with van der Waals surface area (Å²) in [6, 6.07) is 8.21. The predicted molar refractivity (Wildman–Crippen MR) is 91.9 cm³/mol. The number of aromatic nitrogens is 2. The SMILES string of the molecule is CC(C)CNCc1cnn(-c2ccccc2Br)c1C(C)C. The van der Waals surface area contributed by atoms with Crippen LogP contribution in [0.15, 0.2) is 34.9 Å². The highest BCUT2D eigenvalue weighted by Gasteiger charge is 2.16. The van der Waals surface area contributed by atoms with Gasteiger partial charge in [-0.1, -0.05) is 39.8 Å². The highest BCUT2D eigenvalue weighted by atomic mass is 79.9. The van der Waals surface area contributed by atoms with Crippen LogP contribution in [0, 0.1) is 5.92 Å². The molecule has 0 saturated carbocycles. The Morgan fingerprint density at radius 3 is 2.52 bits per heavy atom. The van der Waals surface area contributed by atoms with Gasteiger partial charge < -0.3 is 5.32 Å². The van der Waals surface area contributed by atoms with Gasteiger partial charge in [0.15, 0.2) is 0 Å². The molecule has 2 rings (SSSR count). The van der Waals surface area contributed by atoms with Crippen LogP contribution in [0.2, 0.25) is 0 Å². The maximum Gasteiger partial charge on any atom is 0.0790 e. The van der Waals surface area contributed by atoms with Crippen LogP contribution in [-0.2, 0) is 6.54 Å². The van der Waals surface area contributed by atoms with Crippen molar-refractivity contribution in [2.24, 2.45) is 5.92 Å². The van der Waals surface area contributed by atoms with Gasteiger partial charge in [0, 0.05) is 16.6 Å². The van der Waals surface area contributed by atoms with E-state index < -0.39 is 0 Å². The van der Waals surface area contributed by atoms with E-state index in [0.29, 0.717) is 11.8 Å². The normalized spacial score (nSPS) is 11.6. The van der Waals surface area contributed by atoms with Gasteiger partial charge in [0.25, 0.3) is 0 Å². The zero-order valence-corrected chi connectivity index (χ0v) is 14.8. The first kappa shape index (κ1) is 16.2. The quantitative estimate of drug-likeness (QED) is 0.831. The Bertz CT molecular complexity index is 587. The largest absolute Gasteiger partial charge is 0.312 e. The molecule has 0 bridgehead atoms. The Balaban J connectivity index is 2.31. The van der Waals surface area contributed by atoms with Gasteiger partial charge in [-0.05, 0) is 46.4 Å². The van der Waals surface area contributed by atoms with Crippen molar-refractivity contribution in [3.8, 4) is 5.69 Å². The summed E-state index contributed by atoms with van der Waals surface area (Å²) < 4.78 is 3.12. The third kappa shape index (κ3) is 3.95. The van der Waals surface area contributed by atoms with E-state index in [9.17, 15) is 0 Å². The lowest BCUT2D eigenvalue weighted by Crippen LogP contribution is -2.20. The molecule has 0 spiro atoms. The van der Waals surface area contributed by atoms with Crippen molar-refractivity contribution in [2.75, 3.05) is 6.54 Å². The highest BCUT2D eigenvalue weighted by molar-refractivity contribution is 9.10. The van der Waals surface area contributed by atoms with E-state index in [4.69, 9.17) is 0 Å². The highest BCUT2D eigenvalue weighted by Crippen LogP contribution is 2.27. The van der Waals surface area contributed by atoms with E-state index in [1.807, 2.05) is 18.3 Å². The number of hydrogen-bond acceptors (Lipinski definition) is 2. The fourth-order valence-electron chi connectivity index (χ4n) is 2.45. The fraction of sp³-hybridized carbons (Fsp3) is 0.471. The van der Waals surface area contributed by atoms with Crippen molar-refractivity contribution < 1.29 is 0 Å². The van der Waals surface area contributed by atoms with Gasteiger partial charge in [-0.3, -0.25) is 0 Å². The van der Waals surface area contributed by atoms with Crippen LogP contribution in [0.4, 0.5) is 0 Å². The molecule has 1 aromatic heterocycles. The molecule has 0 unspecified atom stereocenters. The summed E-state index contributed by atoms with van der Waals surface area (Å²) in [6.45, 7) is 10.8. The molecule has 0 amide bonds. The van der Waals surface area contributed by atoms with Gasteiger partial charge in [-0.15, -0.1) is 0 Å². The molecule has 0 radical (unpaired) electrons. The van der Waals surface area contributed by atoms with Crippen molar-refractivity contribution in [1.29, 1.82) is 0 Å². The molecule has 0 atom stereocenters. The van der Waals surface area contributed by atoms with E-state index >= 15 is 0 Å². The minimum Gasteiger partial charge on any atom is -0.312 e. The Morgan fingerprint density at radius 2 is 1.90 bits per heavy atom. The second kappa shape index (κ2) is 7.23. The van der Waals surface area contributed by atoms with Gasteiger partial charge in [0.05, 0.1) is 17.6 Å². The Labute approximate surface area is 135 Å². The number of halogens is 1. The fourth-order valence-corrected chi connectivity index (χ4v) is 2.91. The molecule has 1 heterocycles. The molecule has 2 aromatic rings. The molecule has 0 aliphatic carbocycles. The number of rotatable bonds is 6. The Morgan fingerprint density at radius 1 is 1.19 bits per heavy atom. The number of nitrogens with zero attached hydrogens (tertiary/aromatic N) is 2. The molecule has 3 nitrogen and oxygen atoms in total. The maximum atomic E-state index is 4.61. The lowest BCUT2D eigenvalue weighted by molar-refractivity contribution is 0.549. The molecule has 21 heavy (non-hydrogen) atoms. The van der Waals surface area contributed by atoms with Gasteiger partial charge in [0.1, 0.15) is 0 Å². The third-order valence-electron chi connectivity index (χ3n) is 3.38. The second-order valence-corrected chi connectivity index (χ2v) is 6.95. The van der Waals surface area contributed by atoms with Gasteiger partial charge in [-0.25, -0.2) is 4.68 Å². The third-order valence-corrected chi connectivity index (χ3v) is 4.05. The molecule has 1 aromatic carbocycles. The van der Waals surface area contributed by atoms with Gasteiger partial charge >= 0.3 is 0 Å². The average Bonchev–Trinajstić information content (AvgIpc) is 2.82. The summed E-state index contributed by atoms with van der Waals surface area (Å²) in [6.07, 6.45) is 1.99. The number of benzene rings is 1. The van der Waals surface area contributed by atoms with Crippen LogP contribution >= 0.6 is 15.9 Å². The molecule has 0 saturated heterocycles. The monoisotopic (exact) mass is 349 g/mol. The van der Waals surface area contributed by atoms with Crippen molar-refractivity contribution in [3.05, 3.63) is 46.2 Å². The van der Waals surface area contributed by atoms with Crippen LogP contribution in [0.1, 0.15) is 44.9 Å². The van der Waals surface area contributed by atoms with Gasteiger partial charge in [-0.2, -0.15) is 5.10 Å². The first-order valence-corrected chi connectivity index (χ1v) is 8.32. The summed E-state index contributed by atoms with van der Waals surface area (Å²) in [7, 11) is 0. The topological polar surface area (TPSA) is 29.9 Å². The van der Waals surface area contributed by atoms with Crippen LogP contribution in [-0.4, -0.2) is 16.3 Å². The molecule has 1 N–H and O–H groups in total. The smallest absolute Gasteiger partial charge is 0.0790 e. The summed E-state index contributed by atoms with van der Waals surface area (Å²) in [5.74, 6) is 1.08.